The summed E-state index contributed by atoms with van der Waals surface area (Å²) in [5.74, 6) is 0.856. The number of likely N-dealkylation sites (tertiary alicyclic amines) is 1. The van der Waals surface area contributed by atoms with Crippen LogP contribution in [0.25, 0.3) is 11.4 Å². The van der Waals surface area contributed by atoms with Crippen molar-refractivity contribution in [3.05, 3.63) is 78.1 Å². The molecule has 1 fully saturated rings. The number of hydrogen-bond acceptors (Lipinski definition) is 2. The summed E-state index contributed by atoms with van der Waals surface area (Å²) >= 11 is 0. The topological polar surface area (TPSA) is 21.1 Å². The summed E-state index contributed by atoms with van der Waals surface area (Å²) in [4.78, 5) is 6.72. The predicted molar refractivity (Wildman–Crippen MR) is 102 cm³/mol. The van der Waals surface area contributed by atoms with E-state index in [1.54, 1.807) is 0 Å². The third-order valence-electron chi connectivity index (χ3n) is 5.31. The number of piperidine rings is 1. The molecule has 0 saturated carbocycles. The van der Waals surface area contributed by atoms with E-state index >= 15 is 0 Å². The lowest BCUT2D eigenvalue weighted by Crippen LogP contribution is -2.34. The quantitative estimate of drug-likeness (QED) is 0.649. The van der Waals surface area contributed by atoms with E-state index in [4.69, 9.17) is 0 Å². The fourth-order valence-electron chi connectivity index (χ4n) is 3.81. The fourth-order valence-corrected chi connectivity index (χ4v) is 3.81. The summed E-state index contributed by atoms with van der Waals surface area (Å²) in [5, 5.41) is 0. The number of aromatic nitrogens is 2. The predicted octanol–water partition coefficient (Wildman–Crippen LogP) is 4.74. The van der Waals surface area contributed by atoms with Gasteiger partial charge in [0.1, 0.15) is 17.5 Å². The molecule has 140 valence electrons. The van der Waals surface area contributed by atoms with Gasteiger partial charge in [-0.25, -0.2) is 13.8 Å². The van der Waals surface area contributed by atoms with Gasteiger partial charge in [-0.15, -0.1) is 0 Å². The van der Waals surface area contributed by atoms with Gasteiger partial charge in [0.25, 0.3) is 0 Å². The molecule has 0 radical (unpaired) electrons. The van der Waals surface area contributed by atoms with Crippen molar-refractivity contribution in [1.82, 2.24) is 14.5 Å². The summed E-state index contributed by atoms with van der Waals surface area (Å²) in [6, 6.07) is 13.9. The number of halogens is 2. The lowest BCUT2D eigenvalue weighted by molar-refractivity contribution is 0.165. The van der Waals surface area contributed by atoms with Crippen molar-refractivity contribution in [2.45, 2.75) is 25.9 Å². The first-order valence-electron chi connectivity index (χ1n) is 9.42. The van der Waals surface area contributed by atoms with Crippen molar-refractivity contribution in [2.24, 2.45) is 5.92 Å². The molecular weight excluding hydrogens is 344 g/mol. The van der Waals surface area contributed by atoms with Gasteiger partial charge in [-0.3, -0.25) is 4.90 Å². The van der Waals surface area contributed by atoms with E-state index in [2.05, 4.69) is 26.6 Å². The fraction of sp³-hybridized carbons (Fsp3) is 0.318. The summed E-state index contributed by atoms with van der Waals surface area (Å²) in [6.45, 7) is 3.20. The van der Waals surface area contributed by atoms with Crippen LogP contribution in [0.4, 0.5) is 8.78 Å². The van der Waals surface area contributed by atoms with E-state index in [-0.39, 0.29) is 11.6 Å². The molecule has 0 atom stereocenters. The molecule has 0 aliphatic carbocycles. The Morgan fingerprint density at radius 2 is 1.78 bits per heavy atom. The minimum atomic E-state index is -0.380. The Hall–Kier alpha value is -2.53. The molecule has 2 heterocycles. The van der Waals surface area contributed by atoms with Crippen LogP contribution in [0.2, 0.25) is 0 Å². The van der Waals surface area contributed by atoms with Gasteiger partial charge in [0.05, 0.1) is 0 Å². The zero-order valence-corrected chi connectivity index (χ0v) is 15.2. The largest absolute Gasteiger partial charge is 0.331 e. The normalized spacial score (nSPS) is 15.9. The van der Waals surface area contributed by atoms with Crippen LogP contribution < -0.4 is 0 Å². The molecule has 1 aliphatic rings. The minimum absolute atomic E-state index is 0.329. The Balaban J connectivity index is 1.35. The smallest absolute Gasteiger partial charge is 0.139 e. The molecule has 2 aromatic carbocycles. The van der Waals surface area contributed by atoms with Crippen LogP contribution in [0.15, 0.2) is 60.9 Å². The SMILES string of the molecule is Fc1ccc(F)c(CN2CCC(Cn3ccnc3-c3ccccc3)CC2)c1. The third kappa shape index (κ3) is 4.25. The molecule has 27 heavy (non-hydrogen) atoms. The van der Waals surface area contributed by atoms with E-state index < -0.39 is 0 Å². The molecule has 3 nitrogen and oxygen atoms in total. The lowest BCUT2D eigenvalue weighted by Gasteiger charge is -2.32. The van der Waals surface area contributed by atoms with E-state index in [1.165, 1.54) is 18.2 Å². The van der Waals surface area contributed by atoms with Crippen molar-refractivity contribution in [3.63, 3.8) is 0 Å². The maximum Gasteiger partial charge on any atom is 0.139 e. The molecule has 4 rings (SSSR count). The van der Waals surface area contributed by atoms with Crippen molar-refractivity contribution in [2.75, 3.05) is 13.1 Å². The van der Waals surface area contributed by atoms with Crippen LogP contribution in [0, 0.1) is 17.6 Å². The average molecular weight is 367 g/mol. The van der Waals surface area contributed by atoms with E-state index in [9.17, 15) is 8.78 Å². The Morgan fingerprint density at radius 3 is 2.56 bits per heavy atom. The maximum absolute atomic E-state index is 13.9. The molecule has 0 spiro atoms. The van der Waals surface area contributed by atoms with Crippen LogP contribution in [0.3, 0.4) is 0 Å². The Labute approximate surface area is 158 Å². The van der Waals surface area contributed by atoms with Gasteiger partial charge in [0.15, 0.2) is 0 Å². The first kappa shape index (κ1) is 17.9. The molecule has 3 aromatic rings. The standard InChI is InChI=1S/C22H23F2N3/c23-20-6-7-21(24)19(14-20)16-26-11-8-17(9-12-26)15-27-13-10-25-22(27)18-4-2-1-3-5-18/h1-7,10,13-14,17H,8-9,11-12,15-16H2. The minimum Gasteiger partial charge on any atom is -0.331 e. The van der Waals surface area contributed by atoms with E-state index in [0.717, 1.165) is 43.9 Å². The number of hydrogen-bond donors (Lipinski definition) is 0. The van der Waals surface area contributed by atoms with Crippen LogP contribution >= 0.6 is 0 Å². The van der Waals surface area contributed by atoms with Gasteiger partial charge < -0.3 is 4.57 Å². The Bertz CT molecular complexity index is 884. The van der Waals surface area contributed by atoms with Gasteiger partial charge in [-0.1, -0.05) is 30.3 Å². The highest BCUT2D eigenvalue weighted by atomic mass is 19.1. The summed E-state index contributed by atoms with van der Waals surface area (Å²) < 4.78 is 29.4. The highest BCUT2D eigenvalue weighted by molar-refractivity contribution is 5.55. The van der Waals surface area contributed by atoms with Crippen molar-refractivity contribution >= 4 is 0 Å². The molecule has 0 amide bonds. The number of rotatable bonds is 5. The van der Waals surface area contributed by atoms with Crippen molar-refractivity contribution < 1.29 is 8.78 Å². The molecule has 0 bridgehead atoms. The summed E-state index contributed by atoms with van der Waals surface area (Å²) in [7, 11) is 0. The van der Waals surface area contributed by atoms with Gasteiger partial charge >= 0.3 is 0 Å². The van der Waals surface area contributed by atoms with E-state index in [0.29, 0.717) is 18.0 Å². The van der Waals surface area contributed by atoms with E-state index in [1.807, 2.05) is 30.6 Å². The second-order valence-corrected chi connectivity index (χ2v) is 7.22. The number of nitrogens with zero attached hydrogens (tertiary/aromatic N) is 3. The van der Waals surface area contributed by atoms with Crippen molar-refractivity contribution in [1.29, 1.82) is 0 Å². The van der Waals surface area contributed by atoms with Crippen LogP contribution in [0.5, 0.6) is 0 Å². The first-order valence-corrected chi connectivity index (χ1v) is 9.42. The zero-order chi connectivity index (χ0) is 18.6. The number of imidazole rings is 1. The monoisotopic (exact) mass is 367 g/mol. The van der Waals surface area contributed by atoms with Gasteiger partial charge in [0, 0.05) is 36.6 Å². The third-order valence-corrected chi connectivity index (χ3v) is 5.31. The highest BCUT2D eigenvalue weighted by Gasteiger charge is 2.21. The van der Waals surface area contributed by atoms with Crippen LogP contribution in [-0.4, -0.2) is 27.5 Å². The van der Waals surface area contributed by atoms with Gasteiger partial charge in [0.2, 0.25) is 0 Å². The van der Waals surface area contributed by atoms with Gasteiger partial charge in [-0.2, -0.15) is 0 Å². The zero-order valence-electron chi connectivity index (χ0n) is 15.2. The molecule has 1 aromatic heterocycles. The molecule has 1 aliphatic heterocycles. The maximum atomic E-state index is 13.9. The van der Waals surface area contributed by atoms with Crippen molar-refractivity contribution in [3.8, 4) is 11.4 Å². The van der Waals surface area contributed by atoms with Crippen LogP contribution in [-0.2, 0) is 13.1 Å². The highest BCUT2D eigenvalue weighted by Crippen LogP contribution is 2.24. The lowest BCUT2D eigenvalue weighted by atomic mass is 9.96. The average Bonchev–Trinajstić information content (AvgIpc) is 3.15. The summed E-state index contributed by atoms with van der Waals surface area (Å²) in [6.07, 6.45) is 5.98. The molecule has 0 N–H and O–H groups in total. The Morgan fingerprint density at radius 1 is 1.00 bits per heavy atom. The van der Waals surface area contributed by atoms with Crippen LogP contribution in [0.1, 0.15) is 18.4 Å². The van der Waals surface area contributed by atoms with Gasteiger partial charge in [-0.05, 0) is 50.0 Å². The Kier molecular flexibility index (Phi) is 5.30. The molecular formula is C22H23F2N3. The number of benzene rings is 2. The summed E-state index contributed by atoms with van der Waals surface area (Å²) in [5.41, 5.74) is 1.57. The first-order chi connectivity index (χ1) is 13.2. The second-order valence-electron chi connectivity index (χ2n) is 7.22. The second kappa shape index (κ2) is 8.01. The molecule has 5 heteroatoms. The molecule has 1 saturated heterocycles. The molecule has 0 unspecified atom stereocenters.